The minimum atomic E-state index is 0.711. The maximum Gasteiger partial charge on any atom is 0.116 e. The van der Waals surface area contributed by atoms with Gasteiger partial charge in [0, 0.05) is 31.4 Å². The van der Waals surface area contributed by atoms with Gasteiger partial charge in [-0.05, 0) is 35.6 Å². The van der Waals surface area contributed by atoms with E-state index < -0.39 is 0 Å². The molecule has 2 aliphatic heterocycles. The molecule has 0 bridgehead atoms. The number of aromatic nitrogens is 2. The van der Waals surface area contributed by atoms with Crippen molar-refractivity contribution >= 4 is 11.4 Å². The Bertz CT molecular complexity index is 819. The molecule has 2 aromatic rings. The summed E-state index contributed by atoms with van der Waals surface area (Å²) in [5.41, 5.74) is 5.42. The lowest BCUT2D eigenvalue weighted by Crippen LogP contribution is -2.36. The number of hydrogen-bond acceptors (Lipinski definition) is 4. The molecule has 0 amide bonds. The summed E-state index contributed by atoms with van der Waals surface area (Å²) in [5.74, 6) is 6.33. The van der Waals surface area contributed by atoms with Gasteiger partial charge in [0.05, 0.1) is 32.3 Å². The number of benzene rings is 1. The predicted octanol–water partition coefficient (Wildman–Crippen LogP) is 1.61. The largest absolute Gasteiger partial charge is 0.378 e. The second kappa shape index (κ2) is 5.90. The predicted molar refractivity (Wildman–Crippen MR) is 89.8 cm³/mol. The molecule has 5 nitrogen and oxygen atoms in total. The average Bonchev–Trinajstić information content (AvgIpc) is 3.19. The molecule has 23 heavy (non-hydrogen) atoms. The maximum absolute atomic E-state index is 5.42. The summed E-state index contributed by atoms with van der Waals surface area (Å²) in [6.45, 7) is 4.21. The number of nitrogens with zero attached hydrogens (tertiary/aromatic N) is 4. The van der Waals surface area contributed by atoms with Crippen molar-refractivity contribution in [3.05, 3.63) is 47.5 Å². The van der Waals surface area contributed by atoms with Crippen LogP contribution in [0.4, 0.5) is 5.69 Å². The lowest BCUT2D eigenvalue weighted by molar-refractivity contribution is 0.122. The SMILES string of the molecule is Cn1cncc1C#CC1=NCc2cc(N3CCOCC3)ccc21. The highest BCUT2D eigenvalue weighted by atomic mass is 16.5. The van der Waals surface area contributed by atoms with Crippen molar-refractivity contribution in [2.24, 2.45) is 12.0 Å². The van der Waals surface area contributed by atoms with Crippen LogP contribution in [-0.2, 0) is 18.3 Å². The number of morpholine rings is 1. The number of imidazole rings is 1. The van der Waals surface area contributed by atoms with Crippen LogP contribution < -0.4 is 4.90 Å². The van der Waals surface area contributed by atoms with E-state index in [1.165, 1.54) is 11.3 Å². The van der Waals surface area contributed by atoms with Gasteiger partial charge in [-0.3, -0.25) is 4.99 Å². The molecule has 4 rings (SSSR count). The molecular weight excluding hydrogens is 288 g/mol. The van der Waals surface area contributed by atoms with Crippen molar-refractivity contribution in [1.29, 1.82) is 0 Å². The van der Waals surface area contributed by atoms with Gasteiger partial charge in [0.15, 0.2) is 0 Å². The minimum absolute atomic E-state index is 0.711. The molecule has 0 atom stereocenters. The zero-order valence-corrected chi connectivity index (χ0v) is 13.1. The number of aryl methyl sites for hydroxylation is 1. The molecule has 0 aliphatic carbocycles. The summed E-state index contributed by atoms with van der Waals surface area (Å²) in [7, 11) is 1.94. The Labute approximate surface area is 135 Å². The van der Waals surface area contributed by atoms with Gasteiger partial charge in [0.2, 0.25) is 0 Å². The van der Waals surface area contributed by atoms with Crippen LogP contribution in [0.1, 0.15) is 16.8 Å². The van der Waals surface area contributed by atoms with Crippen molar-refractivity contribution in [2.45, 2.75) is 6.54 Å². The molecule has 0 radical (unpaired) electrons. The molecule has 0 unspecified atom stereocenters. The molecule has 1 fully saturated rings. The molecule has 3 heterocycles. The summed E-state index contributed by atoms with van der Waals surface area (Å²) >= 11 is 0. The van der Waals surface area contributed by atoms with Gasteiger partial charge in [0.1, 0.15) is 11.4 Å². The molecule has 0 spiro atoms. The molecule has 116 valence electrons. The van der Waals surface area contributed by atoms with E-state index in [0.717, 1.165) is 43.3 Å². The smallest absolute Gasteiger partial charge is 0.116 e. The number of hydrogen-bond donors (Lipinski definition) is 0. The zero-order chi connectivity index (χ0) is 15.6. The molecular formula is C18H18N4O. The van der Waals surface area contributed by atoms with Crippen LogP contribution in [0.15, 0.2) is 35.7 Å². The van der Waals surface area contributed by atoms with Crippen LogP contribution in [0, 0.1) is 11.8 Å². The van der Waals surface area contributed by atoms with Crippen LogP contribution in [-0.4, -0.2) is 41.6 Å². The van der Waals surface area contributed by atoms with Crippen molar-refractivity contribution in [1.82, 2.24) is 9.55 Å². The summed E-state index contributed by atoms with van der Waals surface area (Å²) in [4.78, 5) is 11.0. The van der Waals surface area contributed by atoms with Crippen molar-refractivity contribution in [3.8, 4) is 11.8 Å². The molecule has 5 heteroatoms. The monoisotopic (exact) mass is 306 g/mol. The van der Waals surface area contributed by atoms with Crippen molar-refractivity contribution in [3.63, 3.8) is 0 Å². The molecule has 1 saturated heterocycles. The molecule has 2 aliphatic rings. The van der Waals surface area contributed by atoms with E-state index in [2.05, 4.69) is 44.9 Å². The van der Waals surface area contributed by atoms with Crippen LogP contribution in [0.3, 0.4) is 0 Å². The van der Waals surface area contributed by atoms with Crippen molar-refractivity contribution in [2.75, 3.05) is 31.2 Å². The highest BCUT2D eigenvalue weighted by Gasteiger charge is 2.17. The van der Waals surface area contributed by atoms with Gasteiger partial charge in [-0.25, -0.2) is 4.98 Å². The number of aliphatic imine (C=N–C) groups is 1. The Kier molecular flexibility index (Phi) is 3.60. The van der Waals surface area contributed by atoms with Gasteiger partial charge < -0.3 is 14.2 Å². The topological polar surface area (TPSA) is 42.7 Å². The third-order valence-corrected chi connectivity index (χ3v) is 4.25. The lowest BCUT2D eigenvalue weighted by Gasteiger charge is -2.29. The Balaban J connectivity index is 1.57. The fourth-order valence-electron chi connectivity index (χ4n) is 2.92. The average molecular weight is 306 g/mol. The lowest BCUT2D eigenvalue weighted by atomic mass is 10.0. The van der Waals surface area contributed by atoms with E-state index in [-0.39, 0.29) is 0 Å². The van der Waals surface area contributed by atoms with Crippen LogP contribution in [0.2, 0.25) is 0 Å². The first kappa shape index (κ1) is 14.0. The number of anilines is 1. The fourth-order valence-corrected chi connectivity index (χ4v) is 2.92. The van der Waals surface area contributed by atoms with E-state index in [1.807, 2.05) is 11.6 Å². The fraction of sp³-hybridized carbons (Fsp3) is 0.333. The zero-order valence-electron chi connectivity index (χ0n) is 13.1. The third kappa shape index (κ3) is 2.73. The molecule has 1 aromatic heterocycles. The summed E-state index contributed by atoms with van der Waals surface area (Å²) < 4.78 is 7.33. The normalized spacial score (nSPS) is 16.6. The first-order valence-electron chi connectivity index (χ1n) is 7.80. The number of ether oxygens (including phenoxy) is 1. The number of rotatable bonds is 1. The Morgan fingerprint density at radius 2 is 2.04 bits per heavy atom. The minimum Gasteiger partial charge on any atom is -0.378 e. The van der Waals surface area contributed by atoms with Crippen LogP contribution in [0.25, 0.3) is 0 Å². The van der Waals surface area contributed by atoms with Crippen molar-refractivity contribution < 1.29 is 4.74 Å². The quantitative estimate of drug-likeness (QED) is 0.752. The molecule has 0 saturated carbocycles. The molecule has 1 aromatic carbocycles. The summed E-state index contributed by atoms with van der Waals surface area (Å²) in [6, 6.07) is 6.55. The van der Waals surface area contributed by atoms with E-state index in [9.17, 15) is 0 Å². The Morgan fingerprint density at radius 1 is 1.17 bits per heavy atom. The summed E-state index contributed by atoms with van der Waals surface area (Å²) in [5, 5.41) is 0. The van der Waals surface area contributed by atoms with Gasteiger partial charge in [-0.15, -0.1) is 0 Å². The van der Waals surface area contributed by atoms with E-state index in [1.54, 1.807) is 12.5 Å². The summed E-state index contributed by atoms with van der Waals surface area (Å²) in [6.07, 6.45) is 3.52. The highest BCUT2D eigenvalue weighted by molar-refractivity contribution is 6.15. The third-order valence-electron chi connectivity index (χ3n) is 4.25. The van der Waals surface area contributed by atoms with E-state index in [4.69, 9.17) is 4.74 Å². The Morgan fingerprint density at radius 3 is 2.83 bits per heavy atom. The van der Waals surface area contributed by atoms with Gasteiger partial charge in [0.25, 0.3) is 0 Å². The second-order valence-electron chi connectivity index (χ2n) is 5.75. The van der Waals surface area contributed by atoms with Crippen LogP contribution in [0.5, 0.6) is 0 Å². The standard InChI is InChI=1S/C18H18N4O/c1-21-13-19-12-16(21)3-5-18-17-4-2-15(10-14(17)11-20-18)22-6-8-23-9-7-22/h2,4,10,12-13H,6-9,11H2,1H3. The highest BCUT2D eigenvalue weighted by Crippen LogP contribution is 2.25. The first-order valence-corrected chi connectivity index (χ1v) is 7.80. The van der Waals surface area contributed by atoms with Gasteiger partial charge >= 0.3 is 0 Å². The van der Waals surface area contributed by atoms with Gasteiger partial charge in [-0.2, -0.15) is 0 Å². The number of fused-ring (bicyclic) bond motifs is 1. The van der Waals surface area contributed by atoms with Gasteiger partial charge in [-0.1, -0.05) is 0 Å². The van der Waals surface area contributed by atoms with E-state index in [0.29, 0.717) is 6.54 Å². The van der Waals surface area contributed by atoms with E-state index >= 15 is 0 Å². The maximum atomic E-state index is 5.42. The first-order chi connectivity index (χ1) is 11.3. The van der Waals surface area contributed by atoms with Crippen LogP contribution >= 0.6 is 0 Å². The second-order valence-corrected chi connectivity index (χ2v) is 5.75. The molecule has 0 N–H and O–H groups in total. The Hall–Kier alpha value is -2.58.